The lowest BCUT2D eigenvalue weighted by molar-refractivity contribution is 0.220. The fraction of sp³-hybridized carbons (Fsp3) is 0.333. The van der Waals surface area contributed by atoms with E-state index in [1.807, 2.05) is 0 Å². The summed E-state index contributed by atoms with van der Waals surface area (Å²) in [4.78, 5) is 0. The standard InChI is InChI=1S/C3H3BrN2O/c4-3-6-5-1-2-7-3/h1-3H. The topological polar surface area (TPSA) is 34.0 Å². The molecule has 1 unspecified atom stereocenters. The Morgan fingerprint density at radius 2 is 2.57 bits per heavy atom. The maximum atomic E-state index is 4.75. The summed E-state index contributed by atoms with van der Waals surface area (Å²) in [5, 5.41) is 6.81. The monoisotopic (exact) mass is 162 g/mol. The molecule has 0 saturated heterocycles. The van der Waals surface area contributed by atoms with Gasteiger partial charge in [-0.3, -0.25) is 0 Å². The molecule has 0 aromatic rings. The summed E-state index contributed by atoms with van der Waals surface area (Å²) < 4.78 is 4.75. The highest BCUT2D eigenvalue weighted by molar-refractivity contribution is 9.09. The molecule has 0 aromatic heterocycles. The summed E-state index contributed by atoms with van der Waals surface area (Å²) in [5.41, 5.74) is 0. The van der Waals surface area contributed by atoms with Crippen LogP contribution in [0, 0.1) is 0 Å². The van der Waals surface area contributed by atoms with Crippen molar-refractivity contribution in [1.29, 1.82) is 0 Å². The van der Waals surface area contributed by atoms with E-state index in [0.29, 0.717) is 0 Å². The van der Waals surface area contributed by atoms with Crippen molar-refractivity contribution in [3.05, 3.63) is 12.5 Å². The van der Waals surface area contributed by atoms with Crippen LogP contribution in [0.3, 0.4) is 0 Å². The minimum atomic E-state index is -0.280. The maximum absolute atomic E-state index is 4.75. The molecule has 0 aliphatic carbocycles. The molecule has 3 nitrogen and oxygen atoms in total. The minimum Gasteiger partial charge on any atom is -0.463 e. The number of hydrogen-bond donors (Lipinski definition) is 0. The third-order valence-corrected chi connectivity index (χ3v) is 0.875. The van der Waals surface area contributed by atoms with E-state index in [0.717, 1.165) is 0 Å². The van der Waals surface area contributed by atoms with Gasteiger partial charge in [-0.25, -0.2) is 0 Å². The fourth-order valence-corrected chi connectivity index (χ4v) is 0.476. The lowest BCUT2D eigenvalue weighted by atomic mass is 11.0. The van der Waals surface area contributed by atoms with E-state index in [-0.39, 0.29) is 5.14 Å². The number of halogens is 1. The number of azo groups is 1. The zero-order valence-electron chi connectivity index (χ0n) is 3.41. The molecule has 0 spiro atoms. The minimum absolute atomic E-state index is 0.280. The van der Waals surface area contributed by atoms with Crippen LogP contribution in [-0.2, 0) is 4.74 Å². The predicted molar refractivity (Wildman–Crippen MR) is 27.8 cm³/mol. The van der Waals surface area contributed by atoms with Crippen molar-refractivity contribution >= 4 is 15.9 Å². The molecule has 1 heterocycles. The second-order valence-corrected chi connectivity index (χ2v) is 1.73. The number of alkyl halides is 1. The van der Waals surface area contributed by atoms with Crippen LogP contribution in [0.1, 0.15) is 0 Å². The first-order chi connectivity index (χ1) is 3.39. The Kier molecular flexibility index (Phi) is 1.41. The van der Waals surface area contributed by atoms with E-state index >= 15 is 0 Å². The summed E-state index contributed by atoms with van der Waals surface area (Å²) >= 11 is 3.05. The Morgan fingerprint density at radius 3 is 2.86 bits per heavy atom. The second-order valence-electron chi connectivity index (χ2n) is 0.944. The van der Waals surface area contributed by atoms with E-state index in [2.05, 4.69) is 26.2 Å². The molecule has 0 fully saturated rings. The molecule has 1 rings (SSSR count). The van der Waals surface area contributed by atoms with Gasteiger partial charge in [0.25, 0.3) is 5.14 Å². The molecule has 0 amide bonds. The number of hydrogen-bond acceptors (Lipinski definition) is 3. The van der Waals surface area contributed by atoms with Crippen molar-refractivity contribution in [2.75, 3.05) is 0 Å². The largest absolute Gasteiger partial charge is 0.463 e. The van der Waals surface area contributed by atoms with Crippen LogP contribution in [0.5, 0.6) is 0 Å². The molecule has 0 aromatic carbocycles. The van der Waals surface area contributed by atoms with Crippen LogP contribution < -0.4 is 0 Å². The van der Waals surface area contributed by atoms with E-state index in [1.165, 1.54) is 12.5 Å². The lowest BCUT2D eigenvalue weighted by Gasteiger charge is -2.02. The highest BCUT2D eigenvalue weighted by atomic mass is 79.9. The first-order valence-corrected chi connectivity index (χ1v) is 2.66. The summed E-state index contributed by atoms with van der Waals surface area (Å²) in [6, 6.07) is 0. The van der Waals surface area contributed by atoms with E-state index in [1.54, 1.807) is 0 Å². The number of rotatable bonds is 0. The molecule has 0 N–H and O–H groups in total. The van der Waals surface area contributed by atoms with Crippen molar-refractivity contribution in [2.45, 2.75) is 5.14 Å². The Morgan fingerprint density at radius 1 is 1.71 bits per heavy atom. The normalized spacial score (nSPS) is 27.3. The van der Waals surface area contributed by atoms with Gasteiger partial charge in [0, 0.05) is 0 Å². The summed E-state index contributed by atoms with van der Waals surface area (Å²) in [7, 11) is 0. The van der Waals surface area contributed by atoms with Gasteiger partial charge in [-0.2, -0.15) is 5.11 Å². The van der Waals surface area contributed by atoms with Crippen LogP contribution in [-0.4, -0.2) is 5.14 Å². The molecule has 0 radical (unpaired) electrons. The molecule has 4 heteroatoms. The highest BCUT2D eigenvalue weighted by Crippen LogP contribution is 2.07. The molecule has 1 aliphatic rings. The molecule has 7 heavy (non-hydrogen) atoms. The SMILES string of the molecule is BrC1N=NC=CO1. The van der Waals surface area contributed by atoms with Gasteiger partial charge in [-0.15, -0.1) is 5.11 Å². The summed E-state index contributed by atoms with van der Waals surface area (Å²) in [5.74, 6) is 0. The van der Waals surface area contributed by atoms with Gasteiger partial charge in [0.2, 0.25) is 0 Å². The summed E-state index contributed by atoms with van der Waals surface area (Å²) in [6.45, 7) is 0. The zero-order valence-corrected chi connectivity index (χ0v) is 5.00. The van der Waals surface area contributed by atoms with Gasteiger partial charge in [0.15, 0.2) is 0 Å². The second kappa shape index (κ2) is 2.07. The van der Waals surface area contributed by atoms with Gasteiger partial charge in [-0.05, 0) is 15.9 Å². The third kappa shape index (κ3) is 1.27. The first kappa shape index (κ1) is 4.77. The molecule has 0 bridgehead atoms. The molecule has 0 saturated carbocycles. The van der Waals surface area contributed by atoms with Gasteiger partial charge < -0.3 is 4.74 Å². The summed E-state index contributed by atoms with van der Waals surface area (Å²) in [6.07, 6.45) is 2.96. The molecule has 38 valence electrons. The predicted octanol–water partition coefficient (Wildman–Crippen LogP) is 1.62. The number of nitrogens with zero attached hydrogens (tertiary/aromatic N) is 2. The van der Waals surface area contributed by atoms with Crippen molar-refractivity contribution in [3.63, 3.8) is 0 Å². The Balaban J connectivity index is 2.49. The maximum Gasteiger partial charge on any atom is 0.263 e. The fourth-order valence-electron chi connectivity index (χ4n) is 0.245. The number of ether oxygens (including phenoxy) is 1. The quantitative estimate of drug-likeness (QED) is 0.394. The van der Waals surface area contributed by atoms with E-state index < -0.39 is 0 Å². The average Bonchev–Trinajstić information content (AvgIpc) is 1.69. The van der Waals surface area contributed by atoms with Gasteiger partial charge in [0.1, 0.15) is 6.26 Å². The van der Waals surface area contributed by atoms with Crippen LogP contribution in [0.2, 0.25) is 0 Å². The van der Waals surface area contributed by atoms with E-state index in [9.17, 15) is 0 Å². The molecule has 1 aliphatic heterocycles. The van der Waals surface area contributed by atoms with Crippen LogP contribution in [0.25, 0.3) is 0 Å². The van der Waals surface area contributed by atoms with E-state index in [4.69, 9.17) is 4.74 Å². The van der Waals surface area contributed by atoms with Crippen molar-refractivity contribution < 1.29 is 4.74 Å². The van der Waals surface area contributed by atoms with Gasteiger partial charge >= 0.3 is 0 Å². The van der Waals surface area contributed by atoms with Crippen LogP contribution in [0.15, 0.2) is 22.7 Å². The Labute approximate surface area is 49.2 Å². The smallest absolute Gasteiger partial charge is 0.263 e. The lowest BCUT2D eigenvalue weighted by Crippen LogP contribution is -1.94. The van der Waals surface area contributed by atoms with Crippen LogP contribution in [0.4, 0.5) is 0 Å². The van der Waals surface area contributed by atoms with Crippen molar-refractivity contribution in [2.24, 2.45) is 10.2 Å². The van der Waals surface area contributed by atoms with Gasteiger partial charge in [0.05, 0.1) is 6.20 Å². The third-order valence-electron chi connectivity index (χ3n) is 0.476. The average molecular weight is 163 g/mol. The molecular weight excluding hydrogens is 160 g/mol. The zero-order chi connectivity index (χ0) is 5.11. The van der Waals surface area contributed by atoms with Crippen LogP contribution >= 0.6 is 15.9 Å². The first-order valence-electron chi connectivity index (χ1n) is 1.74. The van der Waals surface area contributed by atoms with Crippen molar-refractivity contribution in [1.82, 2.24) is 0 Å². The van der Waals surface area contributed by atoms with Crippen molar-refractivity contribution in [3.8, 4) is 0 Å². The molecule has 1 atom stereocenters. The Bertz CT molecular complexity index is 112. The highest BCUT2D eigenvalue weighted by Gasteiger charge is 1.97. The van der Waals surface area contributed by atoms with Gasteiger partial charge in [-0.1, -0.05) is 0 Å². The Hall–Kier alpha value is -0.380. The molecular formula is C3H3BrN2O.